The largest absolute Gasteiger partial charge is 0.383 e. The van der Waals surface area contributed by atoms with Crippen molar-refractivity contribution in [2.45, 2.75) is 11.4 Å². The van der Waals surface area contributed by atoms with Crippen molar-refractivity contribution in [3.05, 3.63) is 23.8 Å². The van der Waals surface area contributed by atoms with Gasteiger partial charge in [0.1, 0.15) is 0 Å². The zero-order chi connectivity index (χ0) is 15.0. The zero-order valence-corrected chi connectivity index (χ0v) is 13.1. The molecule has 0 aromatic heterocycles. The number of amides is 1. The van der Waals surface area contributed by atoms with Crippen molar-refractivity contribution in [1.29, 1.82) is 0 Å². The highest BCUT2D eigenvalue weighted by molar-refractivity contribution is 7.98. The van der Waals surface area contributed by atoms with Crippen LogP contribution in [0.4, 0.5) is 5.69 Å². The number of thioether (sulfide) groups is 1. The molecule has 3 N–H and O–H groups in total. The second-order valence-corrected chi connectivity index (χ2v) is 5.21. The molecule has 1 aromatic rings. The van der Waals surface area contributed by atoms with E-state index in [2.05, 4.69) is 5.32 Å². The standard InChI is InChI=1S/C14H23N3O2S/c1-17(10-14(18)16-7-8-19-2)12-5-4-6-13(20-3)11(12)9-15/h4-6H,7-10,15H2,1-3H3,(H,16,18). The molecule has 5 nitrogen and oxygen atoms in total. The maximum Gasteiger partial charge on any atom is 0.239 e. The molecule has 112 valence electrons. The second-order valence-electron chi connectivity index (χ2n) is 4.36. The summed E-state index contributed by atoms with van der Waals surface area (Å²) in [6.07, 6.45) is 2.02. The van der Waals surface area contributed by atoms with Crippen LogP contribution in [0.5, 0.6) is 0 Å². The van der Waals surface area contributed by atoms with E-state index in [-0.39, 0.29) is 5.91 Å². The number of benzene rings is 1. The minimum absolute atomic E-state index is 0.0259. The molecule has 20 heavy (non-hydrogen) atoms. The molecule has 6 heteroatoms. The van der Waals surface area contributed by atoms with Crippen LogP contribution >= 0.6 is 11.8 Å². The predicted octanol–water partition coefficient (Wildman–Crippen LogP) is 1.07. The number of ether oxygens (including phenoxy) is 1. The number of nitrogens with one attached hydrogen (secondary N) is 1. The van der Waals surface area contributed by atoms with E-state index in [1.165, 1.54) is 0 Å². The summed E-state index contributed by atoms with van der Waals surface area (Å²) in [6.45, 7) is 1.81. The minimum Gasteiger partial charge on any atom is -0.383 e. The molecule has 0 heterocycles. The molecule has 1 amide bonds. The van der Waals surface area contributed by atoms with Crippen LogP contribution in [0.2, 0.25) is 0 Å². The van der Waals surface area contributed by atoms with Crippen molar-refractivity contribution in [3.63, 3.8) is 0 Å². The van der Waals surface area contributed by atoms with Gasteiger partial charge in [-0.3, -0.25) is 4.79 Å². The number of hydrogen-bond acceptors (Lipinski definition) is 5. The van der Waals surface area contributed by atoms with Gasteiger partial charge in [-0.25, -0.2) is 0 Å². The Hall–Kier alpha value is -1.24. The van der Waals surface area contributed by atoms with Gasteiger partial charge in [0.15, 0.2) is 0 Å². The minimum atomic E-state index is -0.0259. The molecular formula is C14H23N3O2S. The summed E-state index contributed by atoms with van der Waals surface area (Å²) in [4.78, 5) is 14.9. The van der Waals surface area contributed by atoms with Gasteiger partial charge in [0, 0.05) is 43.4 Å². The van der Waals surface area contributed by atoms with Crippen molar-refractivity contribution in [3.8, 4) is 0 Å². The van der Waals surface area contributed by atoms with Crippen LogP contribution in [-0.2, 0) is 16.1 Å². The lowest BCUT2D eigenvalue weighted by molar-refractivity contribution is -0.119. The molecule has 0 aliphatic carbocycles. The highest BCUT2D eigenvalue weighted by Crippen LogP contribution is 2.28. The average molecular weight is 297 g/mol. The number of rotatable bonds is 8. The number of likely N-dealkylation sites (N-methyl/N-ethyl adjacent to an activating group) is 1. The van der Waals surface area contributed by atoms with Gasteiger partial charge in [-0.05, 0) is 18.4 Å². The maximum absolute atomic E-state index is 11.8. The number of methoxy groups -OCH3 is 1. The SMILES string of the molecule is COCCNC(=O)CN(C)c1cccc(SC)c1CN. The van der Waals surface area contributed by atoms with Crippen LogP contribution < -0.4 is 16.0 Å². The Kier molecular flexibility index (Phi) is 7.43. The average Bonchev–Trinajstić information content (AvgIpc) is 2.46. The first-order valence-corrected chi connectivity index (χ1v) is 7.69. The van der Waals surface area contributed by atoms with E-state index in [9.17, 15) is 4.79 Å². The fourth-order valence-electron chi connectivity index (χ4n) is 1.96. The van der Waals surface area contributed by atoms with Gasteiger partial charge >= 0.3 is 0 Å². The number of nitrogens with zero attached hydrogens (tertiary/aromatic N) is 1. The Bertz CT molecular complexity index is 440. The van der Waals surface area contributed by atoms with Crippen LogP contribution in [0.25, 0.3) is 0 Å². The summed E-state index contributed by atoms with van der Waals surface area (Å²) in [6, 6.07) is 6.02. The van der Waals surface area contributed by atoms with Gasteiger partial charge in [0.05, 0.1) is 13.2 Å². The summed E-state index contributed by atoms with van der Waals surface area (Å²) in [5.74, 6) is -0.0259. The summed E-state index contributed by atoms with van der Waals surface area (Å²) < 4.78 is 4.90. The number of carbonyl (C=O) groups is 1. The normalized spacial score (nSPS) is 10.4. The van der Waals surface area contributed by atoms with Crippen LogP contribution in [-0.4, -0.2) is 46.0 Å². The van der Waals surface area contributed by atoms with Crippen molar-refractivity contribution >= 4 is 23.4 Å². The van der Waals surface area contributed by atoms with E-state index in [0.717, 1.165) is 16.1 Å². The lowest BCUT2D eigenvalue weighted by Gasteiger charge is -2.23. The third-order valence-corrected chi connectivity index (χ3v) is 3.78. The Labute approximate surface area is 124 Å². The van der Waals surface area contributed by atoms with Crippen LogP contribution in [0.3, 0.4) is 0 Å². The second kappa shape index (κ2) is 8.84. The molecular weight excluding hydrogens is 274 g/mol. The number of carbonyl (C=O) groups excluding carboxylic acids is 1. The summed E-state index contributed by atoms with van der Waals surface area (Å²) in [7, 11) is 3.51. The first-order chi connectivity index (χ1) is 9.63. The summed E-state index contributed by atoms with van der Waals surface area (Å²) in [5.41, 5.74) is 7.91. The molecule has 0 atom stereocenters. The van der Waals surface area contributed by atoms with E-state index >= 15 is 0 Å². The van der Waals surface area contributed by atoms with E-state index in [1.807, 2.05) is 36.4 Å². The van der Waals surface area contributed by atoms with Gasteiger partial charge in [-0.15, -0.1) is 11.8 Å². The highest BCUT2D eigenvalue weighted by atomic mass is 32.2. The molecule has 0 radical (unpaired) electrons. The summed E-state index contributed by atoms with van der Waals surface area (Å²) >= 11 is 1.66. The maximum atomic E-state index is 11.8. The molecule has 0 unspecified atom stereocenters. The number of hydrogen-bond donors (Lipinski definition) is 2. The molecule has 0 aliphatic heterocycles. The smallest absolute Gasteiger partial charge is 0.239 e. The molecule has 0 aliphatic rings. The Morgan fingerprint density at radius 3 is 2.85 bits per heavy atom. The first kappa shape index (κ1) is 16.8. The van der Waals surface area contributed by atoms with E-state index in [0.29, 0.717) is 26.2 Å². The topological polar surface area (TPSA) is 67.6 Å². The van der Waals surface area contributed by atoms with Crippen LogP contribution in [0.1, 0.15) is 5.56 Å². The van der Waals surface area contributed by atoms with Gasteiger partial charge < -0.3 is 20.7 Å². The van der Waals surface area contributed by atoms with E-state index in [1.54, 1.807) is 18.9 Å². The molecule has 1 rings (SSSR count). The van der Waals surface area contributed by atoms with Gasteiger partial charge in [0.2, 0.25) is 5.91 Å². The van der Waals surface area contributed by atoms with Gasteiger partial charge in [-0.1, -0.05) is 6.07 Å². The number of anilines is 1. The lowest BCUT2D eigenvalue weighted by atomic mass is 10.1. The fraction of sp³-hybridized carbons (Fsp3) is 0.500. The van der Waals surface area contributed by atoms with Crippen LogP contribution in [0, 0.1) is 0 Å². The van der Waals surface area contributed by atoms with E-state index in [4.69, 9.17) is 10.5 Å². The Morgan fingerprint density at radius 1 is 1.50 bits per heavy atom. The van der Waals surface area contributed by atoms with Gasteiger partial charge in [0.25, 0.3) is 0 Å². The fourth-order valence-corrected chi connectivity index (χ4v) is 2.61. The molecule has 0 saturated heterocycles. The molecule has 0 spiro atoms. The van der Waals surface area contributed by atoms with Gasteiger partial charge in [-0.2, -0.15) is 0 Å². The third-order valence-electron chi connectivity index (χ3n) is 2.95. The molecule has 0 bridgehead atoms. The molecule has 0 saturated carbocycles. The predicted molar refractivity (Wildman–Crippen MR) is 84.3 cm³/mol. The van der Waals surface area contributed by atoms with Crippen molar-refractivity contribution in [2.24, 2.45) is 5.73 Å². The quantitative estimate of drug-likeness (QED) is 0.555. The van der Waals surface area contributed by atoms with Crippen LogP contribution in [0.15, 0.2) is 23.1 Å². The first-order valence-electron chi connectivity index (χ1n) is 6.46. The number of nitrogens with two attached hydrogens (primary N) is 1. The zero-order valence-electron chi connectivity index (χ0n) is 12.3. The monoisotopic (exact) mass is 297 g/mol. The molecule has 1 aromatic carbocycles. The highest BCUT2D eigenvalue weighted by Gasteiger charge is 2.12. The summed E-state index contributed by atoms with van der Waals surface area (Å²) in [5, 5.41) is 2.81. The Balaban J connectivity index is 2.72. The van der Waals surface area contributed by atoms with Crippen molar-refractivity contribution in [1.82, 2.24) is 5.32 Å². The molecule has 0 fully saturated rings. The third kappa shape index (κ3) is 4.70. The Morgan fingerprint density at radius 2 is 2.25 bits per heavy atom. The van der Waals surface area contributed by atoms with Crippen molar-refractivity contribution in [2.75, 3.05) is 45.0 Å². The van der Waals surface area contributed by atoms with Crippen molar-refractivity contribution < 1.29 is 9.53 Å². The lowest BCUT2D eigenvalue weighted by Crippen LogP contribution is -2.37. The van der Waals surface area contributed by atoms with E-state index < -0.39 is 0 Å².